The number of halogens is 3. The highest BCUT2D eigenvalue weighted by molar-refractivity contribution is 6.04. The Hall–Kier alpha value is -4.41. The van der Waals surface area contributed by atoms with Crippen molar-refractivity contribution in [2.45, 2.75) is 6.18 Å². The Labute approximate surface area is 191 Å². The van der Waals surface area contributed by atoms with Crippen molar-refractivity contribution in [2.75, 3.05) is 18.5 Å². The number of benzene rings is 1. The first-order valence-electron chi connectivity index (χ1n) is 10.1. The van der Waals surface area contributed by atoms with E-state index >= 15 is 0 Å². The van der Waals surface area contributed by atoms with Crippen molar-refractivity contribution in [2.24, 2.45) is 0 Å². The third-order valence-corrected chi connectivity index (χ3v) is 4.98. The fourth-order valence-electron chi connectivity index (χ4n) is 3.38. The molecule has 0 saturated carbocycles. The number of carbonyl (C=O) groups excluding carboxylic acids is 1. The van der Waals surface area contributed by atoms with Gasteiger partial charge >= 0.3 is 6.18 Å². The van der Waals surface area contributed by atoms with Crippen LogP contribution in [0, 0.1) is 0 Å². The molecule has 0 aliphatic carbocycles. The zero-order valence-corrected chi connectivity index (χ0v) is 17.4. The van der Waals surface area contributed by atoms with Crippen LogP contribution >= 0.6 is 0 Å². The quantitative estimate of drug-likeness (QED) is 0.479. The molecule has 34 heavy (non-hydrogen) atoms. The first kappa shape index (κ1) is 21.4. The Bertz CT molecular complexity index is 1340. The average Bonchev–Trinajstić information content (AvgIpc) is 3.31. The minimum absolute atomic E-state index is 0.0849. The van der Waals surface area contributed by atoms with E-state index in [1.807, 2.05) is 0 Å². The number of hydrogen-bond donors (Lipinski definition) is 1. The maximum absolute atomic E-state index is 13.6. The molecule has 4 aromatic rings. The molecule has 3 aromatic heterocycles. The van der Waals surface area contributed by atoms with Crippen molar-refractivity contribution in [1.29, 1.82) is 0 Å². The molecule has 0 bridgehead atoms. The predicted octanol–water partition coefficient (Wildman–Crippen LogP) is 4.37. The van der Waals surface area contributed by atoms with Gasteiger partial charge < -0.3 is 14.8 Å². The largest absolute Gasteiger partial charge is 0.486 e. The molecule has 8 nitrogen and oxygen atoms in total. The van der Waals surface area contributed by atoms with E-state index in [1.54, 1.807) is 30.3 Å². The topological polar surface area (TPSA) is 91.2 Å². The number of aromatic nitrogens is 4. The van der Waals surface area contributed by atoms with Crippen LogP contribution in [-0.4, -0.2) is 38.9 Å². The van der Waals surface area contributed by atoms with Crippen LogP contribution in [0.2, 0.25) is 0 Å². The molecule has 0 spiro atoms. The lowest BCUT2D eigenvalue weighted by Gasteiger charge is -2.19. The molecule has 11 heteroatoms. The Morgan fingerprint density at radius 2 is 1.82 bits per heavy atom. The minimum atomic E-state index is -4.66. The van der Waals surface area contributed by atoms with Gasteiger partial charge in [0.05, 0.1) is 11.3 Å². The van der Waals surface area contributed by atoms with Gasteiger partial charge in [-0.3, -0.25) is 9.78 Å². The summed E-state index contributed by atoms with van der Waals surface area (Å²) in [5.74, 6) is 0.530. The summed E-state index contributed by atoms with van der Waals surface area (Å²) < 4.78 is 52.6. The first-order valence-corrected chi connectivity index (χ1v) is 10.1. The first-order chi connectivity index (χ1) is 16.4. The van der Waals surface area contributed by atoms with Crippen LogP contribution < -0.4 is 14.8 Å². The molecule has 0 atom stereocenters. The summed E-state index contributed by atoms with van der Waals surface area (Å²) in [5.41, 5.74) is 0.176. The van der Waals surface area contributed by atoms with Crippen molar-refractivity contribution in [3.8, 4) is 28.6 Å². The van der Waals surface area contributed by atoms with Crippen LogP contribution in [0.4, 0.5) is 18.9 Å². The number of anilines is 1. The van der Waals surface area contributed by atoms with E-state index in [9.17, 15) is 18.0 Å². The van der Waals surface area contributed by atoms with Gasteiger partial charge in [0.1, 0.15) is 13.2 Å². The van der Waals surface area contributed by atoms with Gasteiger partial charge in [0.15, 0.2) is 23.0 Å². The lowest BCUT2D eigenvalue weighted by molar-refractivity contribution is -0.142. The van der Waals surface area contributed by atoms with Crippen LogP contribution in [0.1, 0.15) is 16.1 Å². The lowest BCUT2D eigenvalue weighted by atomic mass is 10.2. The van der Waals surface area contributed by atoms with Gasteiger partial charge in [-0.1, -0.05) is 0 Å². The van der Waals surface area contributed by atoms with Crippen LogP contribution in [0.5, 0.6) is 11.5 Å². The van der Waals surface area contributed by atoms with E-state index in [0.29, 0.717) is 40.6 Å². The maximum atomic E-state index is 13.6. The number of fused-ring (bicyclic) bond motifs is 1. The molecule has 0 unspecified atom stereocenters. The van der Waals surface area contributed by atoms with Crippen LogP contribution in [0.25, 0.3) is 17.1 Å². The maximum Gasteiger partial charge on any atom is 0.433 e. The third-order valence-electron chi connectivity index (χ3n) is 4.98. The highest BCUT2D eigenvalue weighted by Crippen LogP contribution is 2.34. The van der Waals surface area contributed by atoms with Gasteiger partial charge in [-0.05, 0) is 42.5 Å². The Morgan fingerprint density at radius 1 is 1.00 bits per heavy atom. The normalized spacial score (nSPS) is 12.9. The molecule has 0 fully saturated rings. The SMILES string of the molecule is O=C(Nc1ccc2c(c1)OCCO2)c1ccc(-n2nc(-c3cccnc3)cc2C(F)(F)F)nc1. The summed E-state index contributed by atoms with van der Waals surface area (Å²) in [6, 6.07) is 11.8. The molecule has 4 heterocycles. The highest BCUT2D eigenvalue weighted by Gasteiger charge is 2.37. The molecular formula is C23H16F3N5O3. The van der Waals surface area contributed by atoms with Crippen LogP contribution in [0.15, 0.2) is 67.1 Å². The minimum Gasteiger partial charge on any atom is -0.486 e. The fraction of sp³-hybridized carbons (Fsp3) is 0.130. The second-order valence-corrected chi connectivity index (χ2v) is 7.28. The Kier molecular flexibility index (Phi) is 5.36. The molecule has 1 amide bonds. The number of hydrogen-bond acceptors (Lipinski definition) is 6. The van der Waals surface area contributed by atoms with Gasteiger partial charge in [0.2, 0.25) is 0 Å². The molecule has 1 aromatic carbocycles. The van der Waals surface area contributed by atoms with Gasteiger partial charge in [-0.15, -0.1) is 0 Å². The number of alkyl halides is 3. The summed E-state index contributed by atoms with van der Waals surface area (Å²) >= 11 is 0. The number of pyridine rings is 2. The highest BCUT2D eigenvalue weighted by atomic mass is 19.4. The fourth-order valence-corrected chi connectivity index (χ4v) is 3.38. The molecular weight excluding hydrogens is 451 g/mol. The standard InChI is InChI=1S/C23H16F3N5O3/c24-23(25,26)20-11-17(14-2-1-7-27-12-14)30-31(20)21-6-3-15(13-28-21)22(32)29-16-4-5-18-19(10-16)34-9-8-33-18/h1-7,10-13H,8-9H2,(H,29,32). The van der Waals surface area contributed by atoms with Gasteiger partial charge in [0.25, 0.3) is 5.91 Å². The number of nitrogens with one attached hydrogen (secondary N) is 1. The van der Waals surface area contributed by atoms with E-state index in [-0.39, 0.29) is 17.1 Å². The molecule has 0 saturated heterocycles. The number of carbonyl (C=O) groups is 1. The number of amides is 1. The summed E-state index contributed by atoms with van der Waals surface area (Å²) in [6.45, 7) is 0.860. The van der Waals surface area contributed by atoms with Crippen molar-refractivity contribution in [1.82, 2.24) is 19.7 Å². The lowest BCUT2D eigenvalue weighted by Crippen LogP contribution is -2.17. The molecule has 1 aliphatic heterocycles. The number of ether oxygens (including phenoxy) is 2. The second-order valence-electron chi connectivity index (χ2n) is 7.28. The molecule has 1 aliphatic rings. The summed E-state index contributed by atoms with van der Waals surface area (Å²) in [5, 5.41) is 6.77. The van der Waals surface area contributed by atoms with E-state index in [1.165, 1.54) is 30.7 Å². The van der Waals surface area contributed by atoms with Crippen molar-refractivity contribution >= 4 is 11.6 Å². The van der Waals surface area contributed by atoms with Gasteiger partial charge in [-0.2, -0.15) is 18.3 Å². The molecule has 172 valence electrons. The average molecular weight is 467 g/mol. The third kappa shape index (κ3) is 4.27. The monoisotopic (exact) mass is 467 g/mol. The number of rotatable bonds is 4. The number of nitrogens with zero attached hydrogens (tertiary/aromatic N) is 4. The second kappa shape index (κ2) is 8.50. The van der Waals surface area contributed by atoms with Gasteiger partial charge in [0, 0.05) is 35.9 Å². The van der Waals surface area contributed by atoms with Crippen LogP contribution in [0.3, 0.4) is 0 Å². The van der Waals surface area contributed by atoms with Crippen molar-refractivity contribution < 1.29 is 27.4 Å². The van der Waals surface area contributed by atoms with Crippen molar-refractivity contribution in [3.63, 3.8) is 0 Å². The zero-order chi connectivity index (χ0) is 23.7. The zero-order valence-electron chi connectivity index (χ0n) is 17.4. The van der Waals surface area contributed by atoms with E-state index in [2.05, 4.69) is 20.4 Å². The van der Waals surface area contributed by atoms with Gasteiger partial charge in [-0.25, -0.2) is 9.67 Å². The van der Waals surface area contributed by atoms with E-state index in [4.69, 9.17) is 9.47 Å². The summed E-state index contributed by atoms with van der Waals surface area (Å²) in [6.07, 6.45) is -0.537. The van der Waals surface area contributed by atoms with Crippen LogP contribution in [-0.2, 0) is 6.18 Å². The molecule has 0 radical (unpaired) electrons. The van der Waals surface area contributed by atoms with Crippen molar-refractivity contribution in [3.05, 3.63) is 78.4 Å². The Balaban J connectivity index is 1.40. The predicted molar refractivity (Wildman–Crippen MR) is 115 cm³/mol. The van der Waals surface area contributed by atoms with E-state index in [0.717, 1.165) is 6.07 Å². The molecule has 5 rings (SSSR count). The molecule has 1 N–H and O–H groups in total. The summed E-state index contributed by atoms with van der Waals surface area (Å²) in [7, 11) is 0. The Morgan fingerprint density at radius 3 is 2.53 bits per heavy atom. The summed E-state index contributed by atoms with van der Waals surface area (Å²) in [4.78, 5) is 20.6. The van der Waals surface area contributed by atoms with E-state index < -0.39 is 17.8 Å². The smallest absolute Gasteiger partial charge is 0.433 e.